The molecule has 0 saturated carbocycles. The van der Waals surface area contributed by atoms with Crippen molar-refractivity contribution in [3.05, 3.63) is 60.3 Å². The van der Waals surface area contributed by atoms with Crippen molar-refractivity contribution in [2.24, 2.45) is 0 Å². The van der Waals surface area contributed by atoms with Crippen LogP contribution in [0.2, 0.25) is 0 Å². The second-order valence-corrected chi connectivity index (χ2v) is 6.85. The summed E-state index contributed by atoms with van der Waals surface area (Å²) in [4.78, 5) is 29.1. The third-order valence-electron chi connectivity index (χ3n) is 5.10. The van der Waals surface area contributed by atoms with Gasteiger partial charge in [-0.1, -0.05) is 30.3 Å². The number of benzene rings is 2. The molecular weight excluding hydrogens is 354 g/mol. The van der Waals surface area contributed by atoms with Crippen molar-refractivity contribution >= 4 is 28.4 Å². The Kier molecular flexibility index (Phi) is 5.23. The standard InChI is InChI=1S/C21H23N5O2/c27-19(26-13-11-25(12-14-26)17-6-2-1-3-7-17)9-10-22-21(28)18-8-4-5-16-15-23-24-20(16)18/h1-8,15H,9-14H2,(H,22,28)(H,23,24). The first kappa shape index (κ1) is 18.0. The normalized spacial score (nSPS) is 14.3. The predicted octanol–water partition coefficient (Wildman–Crippen LogP) is 2.03. The Bertz CT molecular complexity index is 961. The number of para-hydroxylation sites is 2. The lowest BCUT2D eigenvalue weighted by Gasteiger charge is -2.36. The zero-order chi connectivity index (χ0) is 19.3. The molecule has 3 aromatic rings. The predicted molar refractivity (Wildman–Crippen MR) is 108 cm³/mol. The van der Waals surface area contributed by atoms with Crippen LogP contribution < -0.4 is 10.2 Å². The number of H-pyrrole nitrogens is 1. The third kappa shape index (κ3) is 3.83. The Hall–Kier alpha value is -3.35. The summed E-state index contributed by atoms with van der Waals surface area (Å²) < 4.78 is 0. The molecule has 1 aromatic heterocycles. The number of amides is 2. The number of piperazine rings is 1. The number of nitrogens with one attached hydrogen (secondary N) is 2. The minimum Gasteiger partial charge on any atom is -0.368 e. The molecule has 144 valence electrons. The van der Waals surface area contributed by atoms with Crippen LogP contribution in [-0.2, 0) is 4.79 Å². The maximum atomic E-state index is 12.5. The summed E-state index contributed by atoms with van der Waals surface area (Å²) in [5.74, 6) is -0.121. The molecule has 0 spiro atoms. The lowest BCUT2D eigenvalue weighted by molar-refractivity contribution is -0.131. The summed E-state index contributed by atoms with van der Waals surface area (Å²) in [5, 5.41) is 10.5. The maximum absolute atomic E-state index is 12.5. The molecule has 0 atom stereocenters. The number of rotatable bonds is 5. The number of fused-ring (bicyclic) bond motifs is 1. The highest BCUT2D eigenvalue weighted by Gasteiger charge is 2.21. The molecule has 28 heavy (non-hydrogen) atoms. The van der Waals surface area contributed by atoms with E-state index in [1.807, 2.05) is 35.2 Å². The fraction of sp³-hybridized carbons (Fsp3) is 0.286. The number of carbonyl (C=O) groups is 2. The Labute approximate surface area is 163 Å². The van der Waals surface area contributed by atoms with Gasteiger partial charge in [-0.2, -0.15) is 5.10 Å². The van der Waals surface area contributed by atoms with Crippen molar-refractivity contribution < 1.29 is 9.59 Å². The van der Waals surface area contributed by atoms with E-state index in [0.717, 1.165) is 18.5 Å². The molecule has 1 fully saturated rings. The van der Waals surface area contributed by atoms with Crippen molar-refractivity contribution in [1.82, 2.24) is 20.4 Å². The Morgan fingerprint density at radius 2 is 1.79 bits per heavy atom. The number of anilines is 1. The van der Waals surface area contributed by atoms with E-state index in [-0.39, 0.29) is 11.8 Å². The number of nitrogens with zero attached hydrogens (tertiary/aromatic N) is 3. The van der Waals surface area contributed by atoms with Crippen LogP contribution in [0, 0.1) is 0 Å². The third-order valence-corrected chi connectivity index (χ3v) is 5.10. The van der Waals surface area contributed by atoms with Crippen LogP contribution in [0.15, 0.2) is 54.7 Å². The highest BCUT2D eigenvalue weighted by molar-refractivity contribution is 6.05. The van der Waals surface area contributed by atoms with Gasteiger partial charge in [0.15, 0.2) is 0 Å². The second-order valence-electron chi connectivity index (χ2n) is 6.85. The number of carbonyl (C=O) groups excluding carboxylic acids is 2. The van der Waals surface area contributed by atoms with E-state index >= 15 is 0 Å². The molecule has 2 aromatic carbocycles. The number of aromatic nitrogens is 2. The van der Waals surface area contributed by atoms with E-state index < -0.39 is 0 Å². The average Bonchev–Trinajstić information content (AvgIpc) is 3.23. The number of hydrogen-bond donors (Lipinski definition) is 2. The van der Waals surface area contributed by atoms with Crippen LogP contribution >= 0.6 is 0 Å². The summed E-state index contributed by atoms with van der Waals surface area (Å²) in [7, 11) is 0. The lowest BCUT2D eigenvalue weighted by Crippen LogP contribution is -2.49. The van der Waals surface area contributed by atoms with E-state index in [9.17, 15) is 9.59 Å². The van der Waals surface area contributed by atoms with Gasteiger partial charge in [0.2, 0.25) is 5.91 Å². The highest BCUT2D eigenvalue weighted by Crippen LogP contribution is 2.16. The van der Waals surface area contributed by atoms with Crippen LogP contribution in [-0.4, -0.2) is 59.6 Å². The van der Waals surface area contributed by atoms with Crippen molar-refractivity contribution in [3.8, 4) is 0 Å². The quantitative estimate of drug-likeness (QED) is 0.713. The van der Waals surface area contributed by atoms with Crippen LogP contribution in [0.4, 0.5) is 5.69 Å². The van der Waals surface area contributed by atoms with Gasteiger partial charge < -0.3 is 15.1 Å². The molecule has 0 radical (unpaired) electrons. The largest absolute Gasteiger partial charge is 0.368 e. The smallest absolute Gasteiger partial charge is 0.253 e. The van der Waals surface area contributed by atoms with E-state index in [2.05, 4.69) is 32.5 Å². The van der Waals surface area contributed by atoms with Crippen molar-refractivity contribution in [1.29, 1.82) is 0 Å². The minimum absolute atomic E-state index is 0.0766. The van der Waals surface area contributed by atoms with Gasteiger partial charge in [0, 0.05) is 50.2 Å². The Balaban J connectivity index is 1.25. The van der Waals surface area contributed by atoms with Crippen molar-refractivity contribution in [2.45, 2.75) is 6.42 Å². The number of hydrogen-bond acceptors (Lipinski definition) is 4. The fourth-order valence-corrected chi connectivity index (χ4v) is 3.55. The van der Waals surface area contributed by atoms with Gasteiger partial charge >= 0.3 is 0 Å². The topological polar surface area (TPSA) is 81.3 Å². The van der Waals surface area contributed by atoms with Crippen LogP contribution in [0.3, 0.4) is 0 Å². The summed E-state index contributed by atoms with van der Waals surface area (Å²) in [6.45, 7) is 3.37. The summed E-state index contributed by atoms with van der Waals surface area (Å²) in [6, 6.07) is 15.7. The molecule has 0 bridgehead atoms. The van der Waals surface area contributed by atoms with Gasteiger partial charge in [0.1, 0.15) is 0 Å². The molecule has 2 heterocycles. The lowest BCUT2D eigenvalue weighted by atomic mass is 10.1. The molecule has 1 aliphatic rings. The van der Waals surface area contributed by atoms with E-state index in [1.165, 1.54) is 5.69 Å². The molecule has 2 N–H and O–H groups in total. The van der Waals surface area contributed by atoms with Crippen LogP contribution in [0.1, 0.15) is 16.8 Å². The average molecular weight is 377 g/mol. The first-order chi connectivity index (χ1) is 13.7. The van der Waals surface area contributed by atoms with E-state index in [4.69, 9.17) is 0 Å². The molecule has 1 saturated heterocycles. The maximum Gasteiger partial charge on any atom is 0.253 e. The summed E-state index contributed by atoms with van der Waals surface area (Å²) >= 11 is 0. The van der Waals surface area contributed by atoms with Gasteiger partial charge in [-0.05, 0) is 18.2 Å². The fourth-order valence-electron chi connectivity index (χ4n) is 3.55. The Morgan fingerprint density at radius 3 is 2.57 bits per heavy atom. The van der Waals surface area contributed by atoms with Gasteiger partial charge in [-0.3, -0.25) is 14.7 Å². The zero-order valence-electron chi connectivity index (χ0n) is 15.6. The van der Waals surface area contributed by atoms with Crippen LogP contribution in [0.25, 0.3) is 10.9 Å². The Morgan fingerprint density at radius 1 is 1.00 bits per heavy atom. The molecule has 7 nitrogen and oxygen atoms in total. The molecular formula is C21H23N5O2. The zero-order valence-corrected chi connectivity index (χ0v) is 15.6. The van der Waals surface area contributed by atoms with Crippen molar-refractivity contribution in [3.63, 3.8) is 0 Å². The molecule has 7 heteroatoms. The SMILES string of the molecule is O=C(NCCC(=O)N1CCN(c2ccccc2)CC1)c1cccc2cn[nH]c12. The monoisotopic (exact) mass is 377 g/mol. The summed E-state index contributed by atoms with van der Waals surface area (Å²) in [5.41, 5.74) is 2.44. The van der Waals surface area contributed by atoms with Gasteiger partial charge in [0.25, 0.3) is 5.91 Å². The number of aromatic amines is 1. The molecule has 0 unspecified atom stereocenters. The minimum atomic E-state index is -0.198. The molecule has 2 amide bonds. The van der Waals surface area contributed by atoms with E-state index in [1.54, 1.807) is 12.3 Å². The van der Waals surface area contributed by atoms with Gasteiger partial charge in [-0.25, -0.2) is 0 Å². The van der Waals surface area contributed by atoms with Crippen molar-refractivity contribution in [2.75, 3.05) is 37.6 Å². The highest BCUT2D eigenvalue weighted by atomic mass is 16.2. The molecule has 1 aliphatic heterocycles. The molecule has 0 aliphatic carbocycles. The van der Waals surface area contributed by atoms with Crippen LogP contribution in [0.5, 0.6) is 0 Å². The first-order valence-electron chi connectivity index (χ1n) is 9.50. The van der Waals surface area contributed by atoms with E-state index in [0.29, 0.717) is 37.1 Å². The first-order valence-corrected chi connectivity index (χ1v) is 9.50. The second kappa shape index (κ2) is 8.12. The van der Waals surface area contributed by atoms with Gasteiger partial charge in [-0.15, -0.1) is 0 Å². The summed E-state index contributed by atoms with van der Waals surface area (Å²) in [6.07, 6.45) is 1.99. The molecule has 4 rings (SSSR count). The van der Waals surface area contributed by atoms with Gasteiger partial charge in [0.05, 0.1) is 17.3 Å².